The van der Waals surface area contributed by atoms with Crippen LogP contribution in [0.1, 0.15) is 23.6 Å². The van der Waals surface area contributed by atoms with Gasteiger partial charge in [-0.3, -0.25) is 4.79 Å². The van der Waals surface area contributed by atoms with Crippen molar-refractivity contribution in [1.82, 2.24) is 0 Å². The smallest absolute Gasteiger partial charge is 0.262 e. The molecule has 156 valence electrons. The highest BCUT2D eigenvalue weighted by molar-refractivity contribution is 5.92. The molecule has 0 atom stereocenters. The molecule has 0 aliphatic carbocycles. The molecule has 0 heterocycles. The number of carbonyl (C=O) groups excluding carboxylic acids is 1. The van der Waals surface area contributed by atoms with Gasteiger partial charge in [-0.15, -0.1) is 0 Å². The van der Waals surface area contributed by atoms with Crippen molar-refractivity contribution in [3.63, 3.8) is 0 Å². The van der Waals surface area contributed by atoms with Crippen molar-refractivity contribution in [3.8, 4) is 11.5 Å². The lowest BCUT2D eigenvalue weighted by atomic mass is 10.1. The van der Waals surface area contributed by atoms with Gasteiger partial charge in [-0.1, -0.05) is 36.4 Å². The third-order valence-corrected chi connectivity index (χ3v) is 4.82. The normalized spacial score (nSPS) is 10.4. The topological polar surface area (TPSA) is 59.6 Å². The van der Waals surface area contributed by atoms with Gasteiger partial charge >= 0.3 is 0 Å². The minimum atomic E-state index is -0.207. The zero-order valence-corrected chi connectivity index (χ0v) is 17.7. The lowest BCUT2D eigenvalue weighted by molar-refractivity contribution is -0.118. The SMILES string of the molecule is CCOc1cc(CNc2ccccc2)ccc1OCC(=O)Nc1cccc(C)c1C. The van der Waals surface area contributed by atoms with E-state index in [0.717, 1.165) is 28.1 Å². The molecule has 0 saturated heterocycles. The lowest BCUT2D eigenvalue weighted by Crippen LogP contribution is -2.21. The summed E-state index contributed by atoms with van der Waals surface area (Å²) in [4.78, 5) is 12.4. The quantitative estimate of drug-likeness (QED) is 0.506. The molecule has 0 aliphatic rings. The van der Waals surface area contributed by atoms with Gasteiger partial charge in [0.25, 0.3) is 5.91 Å². The lowest BCUT2D eigenvalue weighted by Gasteiger charge is -2.15. The number of amides is 1. The largest absolute Gasteiger partial charge is 0.490 e. The van der Waals surface area contributed by atoms with E-state index < -0.39 is 0 Å². The van der Waals surface area contributed by atoms with E-state index in [9.17, 15) is 4.79 Å². The molecule has 0 radical (unpaired) electrons. The zero-order valence-electron chi connectivity index (χ0n) is 17.7. The van der Waals surface area contributed by atoms with E-state index >= 15 is 0 Å². The van der Waals surface area contributed by atoms with Crippen LogP contribution in [-0.2, 0) is 11.3 Å². The molecule has 0 unspecified atom stereocenters. The first-order valence-electron chi connectivity index (χ1n) is 10.1. The van der Waals surface area contributed by atoms with E-state index in [1.54, 1.807) is 0 Å². The first kappa shape index (κ1) is 21.2. The first-order chi connectivity index (χ1) is 14.6. The Morgan fingerprint density at radius 1 is 0.900 bits per heavy atom. The van der Waals surface area contributed by atoms with E-state index in [2.05, 4.69) is 10.6 Å². The van der Waals surface area contributed by atoms with E-state index in [0.29, 0.717) is 24.7 Å². The van der Waals surface area contributed by atoms with Crippen LogP contribution in [0.5, 0.6) is 11.5 Å². The second kappa shape index (κ2) is 10.3. The highest BCUT2D eigenvalue weighted by Crippen LogP contribution is 2.29. The Morgan fingerprint density at radius 2 is 1.70 bits per heavy atom. The van der Waals surface area contributed by atoms with Crippen LogP contribution < -0.4 is 20.1 Å². The van der Waals surface area contributed by atoms with Gasteiger partial charge < -0.3 is 20.1 Å². The van der Waals surface area contributed by atoms with Crippen molar-refractivity contribution < 1.29 is 14.3 Å². The van der Waals surface area contributed by atoms with Crippen LogP contribution in [0.15, 0.2) is 66.7 Å². The van der Waals surface area contributed by atoms with Gasteiger partial charge in [0.1, 0.15) is 0 Å². The molecule has 3 rings (SSSR count). The number of carbonyl (C=O) groups is 1. The zero-order chi connectivity index (χ0) is 21.3. The number of anilines is 2. The van der Waals surface area contributed by atoms with E-state index in [4.69, 9.17) is 9.47 Å². The van der Waals surface area contributed by atoms with Gasteiger partial charge in [-0.25, -0.2) is 0 Å². The molecule has 5 nitrogen and oxygen atoms in total. The van der Waals surface area contributed by atoms with Crippen LogP contribution in [0.2, 0.25) is 0 Å². The van der Waals surface area contributed by atoms with E-state index in [-0.39, 0.29) is 12.5 Å². The van der Waals surface area contributed by atoms with Crippen molar-refractivity contribution in [2.24, 2.45) is 0 Å². The molecule has 0 aliphatic heterocycles. The maximum Gasteiger partial charge on any atom is 0.262 e. The number of rotatable bonds is 9. The number of hydrogen-bond donors (Lipinski definition) is 2. The van der Waals surface area contributed by atoms with Crippen molar-refractivity contribution in [2.75, 3.05) is 23.8 Å². The summed E-state index contributed by atoms with van der Waals surface area (Å²) in [5, 5.41) is 6.28. The van der Waals surface area contributed by atoms with Crippen molar-refractivity contribution in [3.05, 3.63) is 83.4 Å². The predicted octanol–water partition coefficient (Wildman–Crippen LogP) is 5.33. The van der Waals surface area contributed by atoms with Crippen LogP contribution >= 0.6 is 0 Å². The monoisotopic (exact) mass is 404 g/mol. The number of benzene rings is 3. The molecule has 1 amide bonds. The minimum absolute atomic E-state index is 0.0882. The van der Waals surface area contributed by atoms with Crippen molar-refractivity contribution in [2.45, 2.75) is 27.3 Å². The fourth-order valence-electron chi connectivity index (χ4n) is 3.03. The Morgan fingerprint density at radius 3 is 2.47 bits per heavy atom. The molecule has 30 heavy (non-hydrogen) atoms. The molecule has 0 saturated carbocycles. The van der Waals surface area contributed by atoms with E-state index in [1.807, 2.05) is 87.5 Å². The number of ether oxygens (including phenoxy) is 2. The Labute approximate surface area is 178 Å². The van der Waals surface area contributed by atoms with E-state index in [1.165, 1.54) is 0 Å². The van der Waals surface area contributed by atoms with Gasteiger partial charge in [0.15, 0.2) is 18.1 Å². The minimum Gasteiger partial charge on any atom is -0.490 e. The molecule has 0 aromatic heterocycles. The number of hydrogen-bond acceptors (Lipinski definition) is 4. The summed E-state index contributed by atoms with van der Waals surface area (Å²) in [6.07, 6.45) is 0. The molecule has 0 spiro atoms. The Balaban J connectivity index is 1.61. The molecular weight excluding hydrogens is 376 g/mol. The maximum absolute atomic E-state index is 12.4. The standard InChI is InChI=1S/C25H28N2O3/c1-4-29-24-15-20(16-26-21-10-6-5-7-11-21)13-14-23(24)30-17-25(28)27-22-12-8-9-18(2)19(22)3/h5-15,26H,4,16-17H2,1-3H3,(H,27,28). The second-order valence-electron chi connectivity index (χ2n) is 7.02. The first-order valence-corrected chi connectivity index (χ1v) is 10.1. The number of nitrogens with one attached hydrogen (secondary N) is 2. The Kier molecular flexibility index (Phi) is 7.33. The summed E-state index contributed by atoms with van der Waals surface area (Å²) in [6, 6.07) is 21.6. The number of aryl methyl sites for hydroxylation is 1. The fourth-order valence-corrected chi connectivity index (χ4v) is 3.03. The van der Waals surface area contributed by atoms with Crippen molar-refractivity contribution >= 4 is 17.3 Å². The third kappa shape index (κ3) is 5.77. The van der Waals surface area contributed by atoms with Crippen LogP contribution in [0.4, 0.5) is 11.4 Å². The molecule has 0 bridgehead atoms. The van der Waals surface area contributed by atoms with Gasteiger partial charge in [0, 0.05) is 17.9 Å². The summed E-state index contributed by atoms with van der Waals surface area (Å²) in [7, 11) is 0. The maximum atomic E-state index is 12.4. The average molecular weight is 405 g/mol. The number of para-hydroxylation sites is 1. The molecule has 3 aromatic carbocycles. The molecular formula is C25H28N2O3. The van der Waals surface area contributed by atoms with Crippen LogP contribution in [0.3, 0.4) is 0 Å². The summed E-state index contributed by atoms with van der Waals surface area (Å²) in [5.74, 6) is 0.974. The molecule has 2 N–H and O–H groups in total. The highest BCUT2D eigenvalue weighted by atomic mass is 16.5. The molecule has 0 fully saturated rings. The highest BCUT2D eigenvalue weighted by Gasteiger charge is 2.11. The molecule has 3 aromatic rings. The summed E-state index contributed by atoms with van der Waals surface area (Å²) >= 11 is 0. The van der Waals surface area contributed by atoms with Crippen molar-refractivity contribution in [1.29, 1.82) is 0 Å². The van der Waals surface area contributed by atoms with Crippen LogP contribution in [0.25, 0.3) is 0 Å². The Bertz CT molecular complexity index is 987. The van der Waals surface area contributed by atoms with Crippen LogP contribution in [0, 0.1) is 13.8 Å². The average Bonchev–Trinajstić information content (AvgIpc) is 2.76. The molecule has 5 heteroatoms. The van der Waals surface area contributed by atoms with Gasteiger partial charge in [-0.2, -0.15) is 0 Å². The summed E-state index contributed by atoms with van der Waals surface area (Å²) in [6.45, 7) is 7.02. The second-order valence-corrected chi connectivity index (χ2v) is 7.02. The van der Waals surface area contributed by atoms with Gasteiger partial charge in [0.05, 0.1) is 6.61 Å². The van der Waals surface area contributed by atoms with Gasteiger partial charge in [-0.05, 0) is 67.8 Å². The summed E-state index contributed by atoms with van der Waals surface area (Å²) in [5.41, 5.74) is 5.10. The third-order valence-electron chi connectivity index (χ3n) is 4.82. The Hall–Kier alpha value is -3.47. The van der Waals surface area contributed by atoms with Crippen LogP contribution in [-0.4, -0.2) is 19.1 Å². The fraction of sp³-hybridized carbons (Fsp3) is 0.240. The van der Waals surface area contributed by atoms with Gasteiger partial charge in [0.2, 0.25) is 0 Å². The predicted molar refractivity (Wildman–Crippen MR) is 121 cm³/mol. The summed E-state index contributed by atoms with van der Waals surface area (Å²) < 4.78 is 11.5.